The van der Waals surface area contributed by atoms with E-state index in [1.165, 1.54) is 4.90 Å². The molecule has 0 amide bonds. The largest absolute Gasteiger partial charge is 0.401 e. The van der Waals surface area contributed by atoms with Crippen LogP contribution in [-0.4, -0.2) is 36.8 Å². The average molecular weight is 327 g/mol. The molecule has 0 unspecified atom stereocenters. The lowest BCUT2D eigenvalue weighted by Crippen LogP contribution is -2.43. The first-order chi connectivity index (χ1) is 9.33. The molecule has 1 aliphatic heterocycles. The Hall–Kier alpha value is -0.650. The highest BCUT2D eigenvalue weighted by Crippen LogP contribution is 2.28. The summed E-state index contributed by atoms with van der Waals surface area (Å²) in [6.45, 7) is 0.0339. The maximum Gasteiger partial charge on any atom is 0.401 e. The van der Waals surface area contributed by atoms with Gasteiger partial charge in [0.1, 0.15) is 0 Å². The third-order valence-electron chi connectivity index (χ3n) is 3.28. The minimum Gasteiger partial charge on any atom is -0.381 e. The van der Waals surface area contributed by atoms with E-state index in [1.807, 2.05) is 0 Å². The van der Waals surface area contributed by atoms with Gasteiger partial charge in [0.2, 0.25) is 0 Å². The van der Waals surface area contributed by atoms with Gasteiger partial charge in [-0.1, -0.05) is 23.2 Å². The number of hydrogen-bond donors (Lipinski definition) is 1. The van der Waals surface area contributed by atoms with Crippen LogP contribution in [0.15, 0.2) is 18.2 Å². The van der Waals surface area contributed by atoms with Crippen molar-refractivity contribution in [3.63, 3.8) is 0 Å². The Morgan fingerprint density at radius 1 is 1.20 bits per heavy atom. The molecule has 1 aromatic carbocycles. The zero-order valence-electron chi connectivity index (χ0n) is 10.7. The lowest BCUT2D eigenvalue weighted by molar-refractivity contribution is -0.147. The molecular formula is C13H15Cl2F3N2. The van der Waals surface area contributed by atoms with Gasteiger partial charge >= 0.3 is 6.18 Å². The fraction of sp³-hybridized carbons (Fsp3) is 0.538. The summed E-state index contributed by atoms with van der Waals surface area (Å²) in [5.74, 6) is 0. The van der Waals surface area contributed by atoms with Crippen molar-refractivity contribution < 1.29 is 13.2 Å². The summed E-state index contributed by atoms with van der Waals surface area (Å²) < 4.78 is 36.9. The predicted octanol–water partition coefficient (Wildman–Crippen LogP) is 4.43. The van der Waals surface area contributed by atoms with Crippen LogP contribution in [0.3, 0.4) is 0 Å². The molecule has 1 heterocycles. The zero-order chi connectivity index (χ0) is 14.8. The Bertz CT molecular complexity index is 457. The summed E-state index contributed by atoms with van der Waals surface area (Å²) in [7, 11) is 0. The number of likely N-dealkylation sites (tertiary alicyclic amines) is 1. The summed E-state index contributed by atoms with van der Waals surface area (Å²) in [6.07, 6.45) is -2.80. The molecule has 1 saturated heterocycles. The van der Waals surface area contributed by atoms with Crippen LogP contribution in [0.4, 0.5) is 18.9 Å². The number of benzene rings is 1. The fourth-order valence-corrected chi connectivity index (χ4v) is 2.78. The third kappa shape index (κ3) is 4.72. The van der Waals surface area contributed by atoms with Gasteiger partial charge < -0.3 is 5.32 Å². The lowest BCUT2D eigenvalue weighted by atomic mass is 10.0. The van der Waals surface area contributed by atoms with E-state index in [0.717, 1.165) is 5.69 Å². The highest BCUT2D eigenvalue weighted by molar-refractivity contribution is 6.36. The number of halogens is 5. The predicted molar refractivity (Wildman–Crippen MR) is 75.6 cm³/mol. The molecule has 7 heteroatoms. The van der Waals surface area contributed by atoms with Gasteiger partial charge in [-0.25, -0.2) is 0 Å². The third-order valence-corrected chi connectivity index (χ3v) is 3.83. The van der Waals surface area contributed by atoms with Crippen LogP contribution in [0, 0.1) is 0 Å². The minimum absolute atomic E-state index is 0.137. The number of piperidine rings is 1. The molecule has 0 atom stereocenters. The Balaban J connectivity index is 1.85. The molecule has 1 fully saturated rings. The molecule has 0 bridgehead atoms. The van der Waals surface area contributed by atoms with Crippen LogP contribution in [0.1, 0.15) is 12.8 Å². The van der Waals surface area contributed by atoms with Crippen molar-refractivity contribution in [3.05, 3.63) is 28.2 Å². The van der Waals surface area contributed by atoms with Gasteiger partial charge in [-0.05, 0) is 31.0 Å². The van der Waals surface area contributed by atoms with E-state index >= 15 is 0 Å². The number of nitrogens with zero attached hydrogens (tertiary/aromatic N) is 1. The first-order valence-electron chi connectivity index (χ1n) is 6.34. The molecule has 0 spiro atoms. The summed E-state index contributed by atoms with van der Waals surface area (Å²) in [5.41, 5.74) is 0.769. The Morgan fingerprint density at radius 3 is 2.40 bits per heavy atom. The van der Waals surface area contributed by atoms with E-state index in [4.69, 9.17) is 23.2 Å². The first-order valence-corrected chi connectivity index (χ1v) is 7.10. The normalized spacial score (nSPS) is 18.2. The summed E-state index contributed by atoms with van der Waals surface area (Å²) >= 11 is 11.9. The van der Waals surface area contributed by atoms with E-state index < -0.39 is 12.7 Å². The molecule has 0 saturated carbocycles. The minimum atomic E-state index is -4.13. The van der Waals surface area contributed by atoms with Crippen molar-refractivity contribution in [2.24, 2.45) is 0 Å². The first kappa shape index (κ1) is 15.7. The second-order valence-electron chi connectivity index (χ2n) is 4.93. The smallest absolute Gasteiger partial charge is 0.381 e. The monoisotopic (exact) mass is 326 g/mol. The summed E-state index contributed by atoms with van der Waals surface area (Å²) in [5, 5.41) is 4.34. The summed E-state index contributed by atoms with van der Waals surface area (Å²) in [6, 6.07) is 5.30. The SMILES string of the molecule is FC(F)(F)CN1CCC(Nc2ccc(Cl)cc2Cl)CC1. The van der Waals surface area contributed by atoms with Crippen LogP contribution in [0.25, 0.3) is 0 Å². The maximum absolute atomic E-state index is 12.3. The van der Waals surface area contributed by atoms with Crippen LogP contribution in [-0.2, 0) is 0 Å². The highest BCUT2D eigenvalue weighted by Gasteiger charge is 2.32. The van der Waals surface area contributed by atoms with E-state index in [1.54, 1.807) is 18.2 Å². The zero-order valence-corrected chi connectivity index (χ0v) is 12.2. The van der Waals surface area contributed by atoms with E-state index in [2.05, 4.69) is 5.32 Å². The van der Waals surface area contributed by atoms with Crippen molar-refractivity contribution in [3.8, 4) is 0 Å². The van der Waals surface area contributed by atoms with Crippen LogP contribution in [0.2, 0.25) is 10.0 Å². The van der Waals surface area contributed by atoms with Crippen molar-refractivity contribution in [2.45, 2.75) is 25.1 Å². The Kier molecular flexibility index (Phi) is 5.04. The van der Waals surface area contributed by atoms with Gasteiger partial charge in [0.05, 0.1) is 17.3 Å². The van der Waals surface area contributed by atoms with Crippen molar-refractivity contribution in [2.75, 3.05) is 25.0 Å². The highest BCUT2D eigenvalue weighted by atomic mass is 35.5. The van der Waals surface area contributed by atoms with Crippen molar-refractivity contribution in [1.29, 1.82) is 0 Å². The molecule has 2 rings (SSSR count). The number of hydrogen-bond acceptors (Lipinski definition) is 2. The van der Waals surface area contributed by atoms with Gasteiger partial charge in [0.15, 0.2) is 0 Å². The second-order valence-corrected chi connectivity index (χ2v) is 5.78. The molecule has 1 aliphatic rings. The topological polar surface area (TPSA) is 15.3 Å². The molecule has 0 aromatic heterocycles. The van der Waals surface area contributed by atoms with Crippen LogP contribution in [0.5, 0.6) is 0 Å². The standard InChI is InChI=1S/C13H15Cl2F3N2/c14-9-1-2-12(11(15)7-9)19-10-3-5-20(6-4-10)8-13(16,17)18/h1-2,7,10,19H,3-6,8H2. The molecule has 1 aromatic rings. The van der Waals surface area contributed by atoms with Crippen LogP contribution < -0.4 is 5.32 Å². The Morgan fingerprint density at radius 2 is 1.85 bits per heavy atom. The quantitative estimate of drug-likeness (QED) is 0.883. The number of alkyl halides is 3. The summed E-state index contributed by atoms with van der Waals surface area (Å²) in [4.78, 5) is 1.43. The van der Waals surface area contributed by atoms with Gasteiger partial charge in [-0.15, -0.1) is 0 Å². The second kappa shape index (κ2) is 6.41. The Labute approximate surface area is 125 Å². The lowest BCUT2D eigenvalue weighted by Gasteiger charge is -2.33. The number of rotatable bonds is 3. The van der Waals surface area contributed by atoms with Gasteiger partial charge in [-0.3, -0.25) is 4.90 Å². The average Bonchev–Trinajstić information content (AvgIpc) is 2.33. The number of nitrogens with one attached hydrogen (secondary N) is 1. The molecule has 2 nitrogen and oxygen atoms in total. The molecular weight excluding hydrogens is 312 g/mol. The number of anilines is 1. The molecule has 20 heavy (non-hydrogen) atoms. The van der Waals surface area contributed by atoms with Crippen molar-refractivity contribution >= 4 is 28.9 Å². The van der Waals surface area contributed by atoms with Gasteiger partial charge in [0, 0.05) is 24.2 Å². The van der Waals surface area contributed by atoms with E-state index in [0.29, 0.717) is 36.0 Å². The molecule has 1 N–H and O–H groups in total. The van der Waals surface area contributed by atoms with Crippen molar-refractivity contribution in [1.82, 2.24) is 4.90 Å². The van der Waals surface area contributed by atoms with E-state index in [-0.39, 0.29) is 6.04 Å². The maximum atomic E-state index is 12.3. The van der Waals surface area contributed by atoms with Gasteiger partial charge in [0.25, 0.3) is 0 Å². The molecule has 0 radical (unpaired) electrons. The molecule has 0 aliphatic carbocycles. The fourth-order valence-electron chi connectivity index (χ4n) is 2.32. The molecule has 112 valence electrons. The van der Waals surface area contributed by atoms with Crippen LogP contribution >= 0.6 is 23.2 Å². The van der Waals surface area contributed by atoms with Gasteiger partial charge in [-0.2, -0.15) is 13.2 Å². The van der Waals surface area contributed by atoms with E-state index in [9.17, 15) is 13.2 Å².